The number of pyridine rings is 4. The number of aliphatic hydroxyl groups is 4. The molecule has 4 aromatic heterocycles. The van der Waals surface area contributed by atoms with Gasteiger partial charge in [0.1, 0.15) is 60.3 Å². The largest absolute Gasteiger partial charge is 0.493 e. The van der Waals surface area contributed by atoms with Crippen molar-refractivity contribution >= 4 is 104 Å². The molecule has 0 saturated heterocycles. The van der Waals surface area contributed by atoms with Crippen LogP contribution in [-0.4, -0.2) is 182 Å². The number of benzene rings is 4. The molecule has 11 atom stereocenters. The summed E-state index contributed by atoms with van der Waals surface area (Å²) in [5, 5.41) is 59.4. The van der Waals surface area contributed by atoms with Gasteiger partial charge in [-0.3, -0.25) is 14.4 Å². The number of nitrogens with two attached hydrogens (primary N) is 5. The zero-order valence-corrected chi connectivity index (χ0v) is 87.5. The van der Waals surface area contributed by atoms with Crippen molar-refractivity contribution in [1.82, 2.24) is 34.1 Å². The standard InChI is InChI=1S/C31H38FN3O8S2.C25H34ClN3O8S2.C21H26FN3O7S.C15H24ClN3O3S/c1-29(2,3)44(38)35-30(4)17-42-28-22(30)16-26(34-27(28)19-7-10-21(32)11-8-19)31(5,37)14-13-23(36)20-9-12-24(25(15-20)41-6)43-18-45(33,39)40;1-23(2,3)38(32)29-24(4)13-36-21-16(24)12-20(28-22(21)26)25(5,31)10-9-17(30)15-7-8-18(19(11-15)35-6)37-14-39(27,33)34;1-20(23)10-31-18-13(20)9-17(25-19(18)22)21(2,27)7-6-14(26)12-4-5-15(16(8-12)30-3)32-11-33(24,28)29;1-13(2,3)23(21)19-14(4)8-22-11-9(14)6-10(18-12(11)16)15(5,20)7-17/h7-12,15-16,35,37H,13-14,17-18H2,1-6H3,(H2,33,39,40);7-8,11-12,29,31H,9-10,13-14H2,1-6H3,(H2,27,33,34);4-5,8-9,27H,6-7,10-11,23H2,1-3H3,(H2,24,28,29);6,19-20H,7-8,17H2,1-5H3. The summed E-state index contributed by atoms with van der Waals surface area (Å²) >= 11 is 12.6. The number of aromatic nitrogens is 4. The molecule has 11 unspecified atom stereocenters. The van der Waals surface area contributed by atoms with Crippen molar-refractivity contribution < 1.29 is 129 Å². The quantitative estimate of drug-likeness (QED) is 0.0128. The number of nitrogens with one attached hydrogen (secondary N) is 3. The molecule has 0 fully saturated rings. The van der Waals surface area contributed by atoms with E-state index >= 15 is 0 Å². The van der Waals surface area contributed by atoms with Gasteiger partial charge >= 0.3 is 0 Å². The smallest absolute Gasteiger partial charge is 0.255 e. The average Bonchev–Trinajstić information content (AvgIpc) is 1.57. The monoisotopic (exact) mass is 2110 g/mol. The van der Waals surface area contributed by atoms with Gasteiger partial charge in [0, 0.05) is 70.3 Å². The van der Waals surface area contributed by atoms with Crippen LogP contribution in [0.25, 0.3) is 11.3 Å². The molecule has 48 heteroatoms. The summed E-state index contributed by atoms with van der Waals surface area (Å²) < 4.78 is 195. The Bertz CT molecular complexity index is 6430. The Labute approximate surface area is 830 Å². The third-order valence-electron chi connectivity index (χ3n) is 22.7. The fourth-order valence-corrected chi connectivity index (χ4v) is 18.0. The maximum Gasteiger partial charge on any atom is 0.255 e. The third kappa shape index (κ3) is 28.9. The second kappa shape index (κ2) is 43.7. The SMILES string of the molecule is CC(O)(CN)c1cc2c(c(Cl)n1)OCC2(C)NS(=O)C(C)(C)C.COc1cc(C(=O)CCC(C)(O)c2cc3c(c(-c4ccc(F)cc4)n2)OCC3(C)NS(=O)C(C)(C)C)ccc1OCS(N)(=O)=O.COc1cc(C(=O)CCC(C)(O)c2cc3c(c(Cl)n2)OCC3(C)NS(=O)C(C)(C)C)ccc1OCS(N)(=O)=O.COc1cc(C(=O)CCC(C)(O)c2cc3c(c(F)n2)OCC3(C)N)ccc1OCS(N)(=O)=O. The Kier molecular flexibility index (Phi) is 35.7. The Morgan fingerprint density at radius 2 is 0.721 bits per heavy atom. The molecular formula is C92H122Cl2F2N12O26S6. The number of halogens is 4. The number of ketones is 3. The lowest BCUT2D eigenvalue weighted by Gasteiger charge is -2.30. The zero-order valence-electron chi connectivity index (χ0n) is 81.1. The first-order chi connectivity index (χ1) is 64.3. The molecule has 8 aromatic rings. The van der Waals surface area contributed by atoms with Crippen LogP contribution >= 0.6 is 23.2 Å². The van der Waals surface area contributed by atoms with E-state index in [4.69, 9.17) is 102 Å². The molecule has 0 bridgehead atoms. The van der Waals surface area contributed by atoms with Gasteiger partial charge in [-0.25, -0.2) is 91.8 Å². The third-order valence-corrected chi connectivity index (χ3v) is 29.7. The van der Waals surface area contributed by atoms with Crippen molar-refractivity contribution in [3.63, 3.8) is 0 Å². The van der Waals surface area contributed by atoms with E-state index in [0.717, 1.165) is 5.56 Å². The van der Waals surface area contributed by atoms with E-state index in [9.17, 15) is 81.5 Å². The molecule has 770 valence electrons. The molecule has 38 nitrogen and oxygen atoms in total. The van der Waals surface area contributed by atoms with Gasteiger partial charge in [0.2, 0.25) is 47.9 Å². The van der Waals surface area contributed by atoms with Crippen LogP contribution in [0.3, 0.4) is 0 Å². The van der Waals surface area contributed by atoms with Crippen molar-refractivity contribution in [3.8, 4) is 68.8 Å². The number of fused-ring (bicyclic) bond motifs is 4. The molecule has 17 N–H and O–H groups in total. The lowest BCUT2D eigenvalue weighted by Crippen LogP contribution is -2.47. The summed E-state index contributed by atoms with van der Waals surface area (Å²) in [4.78, 5) is 55.9. The summed E-state index contributed by atoms with van der Waals surface area (Å²) in [6.45, 7) is 30.8. The van der Waals surface area contributed by atoms with Crippen LogP contribution in [0, 0.1) is 11.8 Å². The summed E-state index contributed by atoms with van der Waals surface area (Å²) in [6.07, 6.45) is -0.290. The van der Waals surface area contributed by atoms with Gasteiger partial charge in [0.05, 0.1) is 113 Å². The minimum atomic E-state index is -3.89. The maximum absolute atomic E-state index is 14.4. The Hall–Kier alpha value is -9.25. The fraction of sp³-hybridized carbons (Fsp3) is 0.489. The topological polar surface area (TPSA) is 596 Å². The van der Waals surface area contributed by atoms with Crippen LogP contribution in [0.15, 0.2) is 103 Å². The molecule has 0 spiro atoms. The van der Waals surface area contributed by atoms with Crippen LogP contribution in [0.4, 0.5) is 8.78 Å². The number of Topliss-reactive ketones (excluding diaryl/α,β-unsaturated/α-hetero) is 3. The van der Waals surface area contributed by atoms with Gasteiger partial charge in [0.15, 0.2) is 85.2 Å². The summed E-state index contributed by atoms with van der Waals surface area (Å²) in [7, 11) is -11.7. The number of sulfonamides is 3. The molecule has 4 aliphatic heterocycles. The zero-order chi connectivity index (χ0) is 105. The lowest BCUT2D eigenvalue weighted by molar-refractivity contribution is 0.0387. The number of hydrogen-bond acceptors (Lipinski definition) is 32. The van der Waals surface area contributed by atoms with Crippen molar-refractivity contribution in [2.75, 3.05) is 72.1 Å². The van der Waals surface area contributed by atoms with E-state index in [1.54, 1.807) is 51.1 Å². The Morgan fingerprint density at radius 1 is 0.429 bits per heavy atom. The van der Waals surface area contributed by atoms with Crippen molar-refractivity contribution in [2.45, 2.75) is 215 Å². The van der Waals surface area contributed by atoms with Crippen LogP contribution in [0.5, 0.6) is 57.5 Å². The van der Waals surface area contributed by atoms with Gasteiger partial charge < -0.3 is 79.3 Å². The highest BCUT2D eigenvalue weighted by Crippen LogP contribution is 2.50. The number of carbonyl (C=O) groups excluding carboxylic acids is 3. The highest BCUT2D eigenvalue weighted by Gasteiger charge is 2.48. The number of rotatable bonds is 36. The number of primary sulfonamides is 3. The minimum Gasteiger partial charge on any atom is -0.493 e. The molecule has 0 aliphatic carbocycles. The van der Waals surface area contributed by atoms with Crippen molar-refractivity contribution in [1.29, 1.82) is 0 Å². The van der Waals surface area contributed by atoms with E-state index in [-0.39, 0.29) is 173 Å². The van der Waals surface area contributed by atoms with Crippen molar-refractivity contribution in [3.05, 3.63) is 187 Å². The first-order valence-corrected chi connectivity index (χ1v) is 52.7. The molecule has 0 saturated carbocycles. The number of methoxy groups -OCH3 is 3. The maximum atomic E-state index is 14.4. The first-order valence-electron chi connectivity index (χ1n) is 43.3. The van der Waals surface area contributed by atoms with E-state index in [1.165, 1.54) is 108 Å². The van der Waals surface area contributed by atoms with Gasteiger partial charge in [-0.15, -0.1) is 0 Å². The van der Waals surface area contributed by atoms with Crippen LogP contribution in [-0.2, 0) is 108 Å². The number of nitrogens with zero attached hydrogens (tertiary/aromatic N) is 4. The highest BCUT2D eigenvalue weighted by molar-refractivity contribution is 7.89. The normalized spacial score (nSPS) is 20.0. The molecule has 0 amide bonds. The minimum absolute atomic E-state index is 0.00797. The molecular weight excluding hydrogens is 1990 g/mol. The highest BCUT2D eigenvalue weighted by atomic mass is 35.5. The number of carbonyl (C=O) groups is 3. The van der Waals surface area contributed by atoms with E-state index in [1.807, 2.05) is 83.1 Å². The summed E-state index contributed by atoms with van der Waals surface area (Å²) in [6, 6.07) is 25.1. The predicted molar refractivity (Wildman–Crippen MR) is 524 cm³/mol. The van der Waals surface area contributed by atoms with Gasteiger partial charge in [-0.1, -0.05) is 23.2 Å². The summed E-state index contributed by atoms with van der Waals surface area (Å²) in [5.41, 5.74) is 7.28. The van der Waals surface area contributed by atoms with Crippen LogP contribution in [0.1, 0.15) is 232 Å². The lowest BCUT2D eigenvalue weighted by atomic mass is 9.88. The molecule has 12 rings (SSSR count). The molecule has 140 heavy (non-hydrogen) atoms. The van der Waals surface area contributed by atoms with E-state index in [2.05, 4.69) is 29.1 Å². The summed E-state index contributed by atoms with van der Waals surface area (Å²) in [5.74, 6) is -2.59. The van der Waals surface area contributed by atoms with Crippen LogP contribution < -0.4 is 88.4 Å². The average molecular weight is 2110 g/mol. The second-order valence-electron chi connectivity index (χ2n) is 38.7. The molecule has 8 heterocycles. The molecule has 4 aliphatic rings. The van der Waals surface area contributed by atoms with Gasteiger partial charge in [-0.2, -0.15) is 4.39 Å². The Morgan fingerprint density at radius 3 is 1.04 bits per heavy atom. The first kappa shape index (κ1) is 114. The number of hydrogen-bond donors (Lipinski definition) is 12. The second-order valence-corrected chi connectivity index (χ2v) is 50.0. The molecule has 0 radical (unpaired) electrons. The fourth-order valence-electron chi connectivity index (χ4n) is 14.0. The van der Waals surface area contributed by atoms with Gasteiger partial charge in [0.25, 0.3) is 5.95 Å². The predicted octanol–water partition coefficient (Wildman–Crippen LogP) is 9.80. The van der Waals surface area contributed by atoms with E-state index in [0.29, 0.717) is 50.9 Å². The number of ether oxygens (including phenoxy) is 10. The van der Waals surface area contributed by atoms with Crippen LogP contribution in [0.2, 0.25) is 10.3 Å². The molecule has 4 aromatic carbocycles. The van der Waals surface area contributed by atoms with Crippen molar-refractivity contribution in [2.24, 2.45) is 26.9 Å². The Balaban J connectivity index is 0.000000214. The van der Waals surface area contributed by atoms with Gasteiger partial charge in [-0.05, 0) is 240 Å². The van der Waals surface area contributed by atoms with E-state index < -0.39 is 151 Å².